The van der Waals surface area contributed by atoms with Gasteiger partial charge in [0.15, 0.2) is 0 Å². The van der Waals surface area contributed by atoms with Crippen molar-refractivity contribution >= 4 is 17.0 Å². The van der Waals surface area contributed by atoms with Crippen LogP contribution < -0.4 is 4.74 Å². The number of rotatable bonds is 6. The Morgan fingerprint density at radius 1 is 1.16 bits per heavy atom. The number of aliphatic carboxylic acids is 1. The molecular weight excluding hydrogens is 476 g/mol. The fourth-order valence-corrected chi connectivity index (χ4v) is 6.36. The average Bonchev–Trinajstić information content (AvgIpc) is 3.45. The van der Waals surface area contributed by atoms with E-state index in [0.717, 1.165) is 65.8 Å². The zero-order valence-corrected chi connectivity index (χ0v) is 22.2. The first-order valence-electron chi connectivity index (χ1n) is 13.5. The van der Waals surface area contributed by atoms with Crippen LogP contribution in [0.5, 0.6) is 5.75 Å². The van der Waals surface area contributed by atoms with Gasteiger partial charge in [-0.25, -0.2) is 4.68 Å². The molecule has 1 aliphatic heterocycles. The number of carboxylic acids is 1. The molecule has 0 unspecified atom stereocenters. The molecule has 2 heterocycles. The van der Waals surface area contributed by atoms with E-state index in [0.29, 0.717) is 0 Å². The van der Waals surface area contributed by atoms with Crippen molar-refractivity contribution in [1.82, 2.24) is 19.9 Å². The second-order valence-electron chi connectivity index (χ2n) is 10.7. The molecule has 0 saturated heterocycles. The topological polar surface area (TPSA) is 80.5 Å². The van der Waals surface area contributed by atoms with Gasteiger partial charge in [0.25, 0.3) is 0 Å². The van der Waals surface area contributed by atoms with Crippen LogP contribution in [0.1, 0.15) is 71.5 Å². The maximum atomic E-state index is 12.1. The van der Waals surface area contributed by atoms with Crippen LogP contribution in [0.25, 0.3) is 11.0 Å². The van der Waals surface area contributed by atoms with Gasteiger partial charge in [0.1, 0.15) is 17.4 Å². The molecule has 0 bridgehead atoms. The summed E-state index contributed by atoms with van der Waals surface area (Å²) in [7, 11) is 1.87. The lowest BCUT2D eigenvalue weighted by molar-refractivity contribution is -0.137. The third-order valence-corrected chi connectivity index (χ3v) is 8.43. The summed E-state index contributed by atoms with van der Waals surface area (Å²) in [6, 6.07) is 19.3. The smallest absolute Gasteiger partial charge is 0.304 e. The molecular formula is C31H34N4O3. The second kappa shape index (κ2) is 9.87. The number of carbonyl (C=O) groups is 1. The first kappa shape index (κ1) is 24.6. The molecule has 4 aromatic rings. The Morgan fingerprint density at radius 2 is 2.00 bits per heavy atom. The molecule has 0 saturated carbocycles. The standard InChI is InChI=1S/C31H34N4O3/c1-4-23-18-35(17-22-7-5-6-8-29(22)38-23)27-13-11-20-9-10-21(15-26(20)27)25(16-30(36)37)24-12-14-28-31(19(24)2)32-33-34(28)3/h5-10,12,14-15,23,25,27H,4,11,13,16-18H2,1-3H3,(H,36,37)/t23-,25+,27+/m1/s1. The van der Waals surface area contributed by atoms with E-state index in [9.17, 15) is 9.90 Å². The minimum atomic E-state index is -0.808. The van der Waals surface area contributed by atoms with Gasteiger partial charge < -0.3 is 9.84 Å². The molecule has 1 aromatic heterocycles. The zero-order chi connectivity index (χ0) is 26.4. The number of nitrogens with zero attached hydrogens (tertiary/aromatic N) is 4. The second-order valence-corrected chi connectivity index (χ2v) is 10.7. The molecule has 6 rings (SSSR count). The first-order valence-corrected chi connectivity index (χ1v) is 13.5. The number of benzene rings is 3. The molecule has 1 aliphatic carbocycles. The van der Waals surface area contributed by atoms with E-state index in [4.69, 9.17) is 4.74 Å². The van der Waals surface area contributed by atoms with Gasteiger partial charge in [-0.1, -0.05) is 54.6 Å². The number of carboxylic acid groups (broad SMARTS) is 1. The highest BCUT2D eigenvalue weighted by molar-refractivity contribution is 5.80. The molecule has 0 fully saturated rings. The summed E-state index contributed by atoms with van der Waals surface area (Å²) in [6.45, 7) is 5.93. The van der Waals surface area contributed by atoms with Crippen molar-refractivity contribution < 1.29 is 14.6 Å². The van der Waals surface area contributed by atoms with E-state index >= 15 is 0 Å². The van der Waals surface area contributed by atoms with Gasteiger partial charge in [0.05, 0.1) is 11.9 Å². The number of ether oxygens (including phenoxy) is 1. The maximum absolute atomic E-state index is 12.1. The predicted molar refractivity (Wildman–Crippen MR) is 146 cm³/mol. The lowest BCUT2D eigenvalue weighted by atomic mass is 9.84. The third kappa shape index (κ3) is 4.35. The Labute approximate surface area is 223 Å². The van der Waals surface area contributed by atoms with Crippen LogP contribution in [0.2, 0.25) is 0 Å². The van der Waals surface area contributed by atoms with Crippen molar-refractivity contribution in [2.24, 2.45) is 7.05 Å². The van der Waals surface area contributed by atoms with E-state index < -0.39 is 5.97 Å². The Hall–Kier alpha value is -3.71. The van der Waals surface area contributed by atoms with Crippen molar-refractivity contribution in [2.45, 2.75) is 64.1 Å². The lowest BCUT2D eigenvalue weighted by Gasteiger charge is -2.30. The fourth-order valence-electron chi connectivity index (χ4n) is 6.36. The van der Waals surface area contributed by atoms with E-state index in [2.05, 4.69) is 58.5 Å². The van der Waals surface area contributed by atoms with Gasteiger partial charge in [-0.15, -0.1) is 5.10 Å². The molecule has 7 heteroatoms. The Bertz CT molecular complexity index is 1510. The molecule has 2 aliphatic rings. The Morgan fingerprint density at radius 3 is 2.82 bits per heavy atom. The normalized spacial score (nSPS) is 20.0. The van der Waals surface area contributed by atoms with Gasteiger partial charge >= 0.3 is 5.97 Å². The minimum Gasteiger partial charge on any atom is -0.489 e. The summed E-state index contributed by atoms with van der Waals surface area (Å²) in [6.07, 6.45) is 3.22. The summed E-state index contributed by atoms with van der Waals surface area (Å²) in [5.74, 6) is -0.0787. The van der Waals surface area contributed by atoms with Gasteiger partial charge in [0, 0.05) is 37.7 Å². The predicted octanol–water partition coefficient (Wildman–Crippen LogP) is 5.54. The zero-order valence-electron chi connectivity index (χ0n) is 22.2. The van der Waals surface area contributed by atoms with Gasteiger partial charge in [-0.3, -0.25) is 9.69 Å². The van der Waals surface area contributed by atoms with Crippen molar-refractivity contribution in [3.63, 3.8) is 0 Å². The molecule has 3 aromatic carbocycles. The van der Waals surface area contributed by atoms with Gasteiger partial charge in [-0.2, -0.15) is 0 Å². The van der Waals surface area contributed by atoms with Crippen LogP contribution in [-0.4, -0.2) is 43.6 Å². The van der Waals surface area contributed by atoms with Crippen molar-refractivity contribution in [1.29, 1.82) is 0 Å². The first-order chi connectivity index (χ1) is 18.4. The quantitative estimate of drug-likeness (QED) is 0.367. The summed E-state index contributed by atoms with van der Waals surface area (Å²) in [4.78, 5) is 14.6. The molecule has 0 amide bonds. The van der Waals surface area contributed by atoms with Crippen molar-refractivity contribution in [3.05, 3.63) is 88.0 Å². The average molecular weight is 511 g/mol. The molecule has 3 atom stereocenters. The summed E-state index contributed by atoms with van der Waals surface area (Å²) in [5, 5.41) is 18.4. The highest BCUT2D eigenvalue weighted by atomic mass is 16.5. The highest BCUT2D eigenvalue weighted by Gasteiger charge is 2.33. The summed E-state index contributed by atoms with van der Waals surface area (Å²) < 4.78 is 8.13. The van der Waals surface area contributed by atoms with E-state index in [-0.39, 0.29) is 24.5 Å². The number of aryl methyl sites for hydroxylation is 3. The van der Waals surface area contributed by atoms with E-state index in [1.165, 1.54) is 16.7 Å². The molecule has 1 N–H and O–H groups in total. The molecule has 7 nitrogen and oxygen atoms in total. The van der Waals surface area contributed by atoms with Crippen LogP contribution >= 0.6 is 0 Å². The lowest BCUT2D eigenvalue weighted by Crippen LogP contribution is -2.34. The molecule has 196 valence electrons. The number of fused-ring (bicyclic) bond motifs is 3. The van der Waals surface area contributed by atoms with Crippen LogP contribution in [0.3, 0.4) is 0 Å². The van der Waals surface area contributed by atoms with Crippen LogP contribution in [0.15, 0.2) is 54.6 Å². The summed E-state index contributed by atoms with van der Waals surface area (Å²) in [5.41, 5.74) is 8.72. The van der Waals surface area contributed by atoms with Crippen LogP contribution in [-0.2, 0) is 24.8 Å². The monoisotopic (exact) mass is 510 g/mol. The minimum absolute atomic E-state index is 0.0267. The Balaban J connectivity index is 1.39. The largest absolute Gasteiger partial charge is 0.489 e. The van der Waals surface area contributed by atoms with Gasteiger partial charge in [-0.05, 0) is 66.1 Å². The number of hydrogen-bond donors (Lipinski definition) is 1. The number of para-hydroxylation sites is 1. The van der Waals surface area contributed by atoms with Crippen LogP contribution in [0, 0.1) is 6.92 Å². The Kier molecular flexibility index (Phi) is 6.40. The van der Waals surface area contributed by atoms with Crippen LogP contribution in [0.4, 0.5) is 0 Å². The maximum Gasteiger partial charge on any atom is 0.304 e. The SMILES string of the molecule is CC[C@@H]1CN([C@H]2CCc3ccc([C@H](CC(=O)O)c4ccc5c(nnn5C)c4C)cc32)Cc2ccccc2O1. The number of hydrogen-bond acceptors (Lipinski definition) is 5. The van der Waals surface area contributed by atoms with E-state index in [1.54, 1.807) is 4.68 Å². The van der Waals surface area contributed by atoms with E-state index in [1.807, 2.05) is 32.2 Å². The third-order valence-electron chi connectivity index (χ3n) is 8.43. The molecule has 0 radical (unpaired) electrons. The van der Waals surface area contributed by atoms with Crippen molar-refractivity contribution in [2.75, 3.05) is 6.54 Å². The summed E-state index contributed by atoms with van der Waals surface area (Å²) >= 11 is 0. The fraction of sp³-hybridized carbons (Fsp3) is 0.387. The molecule has 0 spiro atoms. The van der Waals surface area contributed by atoms with Crippen molar-refractivity contribution in [3.8, 4) is 5.75 Å². The molecule has 38 heavy (non-hydrogen) atoms. The van der Waals surface area contributed by atoms with Gasteiger partial charge in [0.2, 0.25) is 0 Å². The highest BCUT2D eigenvalue weighted by Crippen LogP contribution is 2.42. The number of aromatic nitrogens is 3.